The second-order valence-electron chi connectivity index (χ2n) is 6.43. The molecule has 140 valence electrons. The summed E-state index contributed by atoms with van der Waals surface area (Å²) in [7, 11) is 0. The number of hydrogen-bond acceptors (Lipinski definition) is 4. The Labute approximate surface area is 152 Å². The van der Waals surface area contributed by atoms with Gasteiger partial charge in [-0.1, -0.05) is 24.3 Å². The fraction of sp³-hybridized carbons (Fsp3) is 0.421. The summed E-state index contributed by atoms with van der Waals surface area (Å²) in [6.45, 7) is 5.43. The summed E-state index contributed by atoms with van der Waals surface area (Å²) < 4.78 is 5.66. The Balaban J connectivity index is 1.91. The number of allylic oxidation sites excluding steroid dienone is 2. The Hall–Kier alpha value is -2.83. The van der Waals surface area contributed by atoms with E-state index in [0.29, 0.717) is 18.6 Å². The molecule has 0 bridgehead atoms. The predicted molar refractivity (Wildman–Crippen MR) is 95.3 cm³/mol. The van der Waals surface area contributed by atoms with E-state index in [2.05, 4.69) is 10.9 Å². The van der Waals surface area contributed by atoms with Gasteiger partial charge in [0.1, 0.15) is 5.75 Å². The lowest BCUT2D eigenvalue weighted by Crippen LogP contribution is -2.50. The number of carbonyl (C=O) groups excluding carboxylic acids is 2. The lowest BCUT2D eigenvalue weighted by molar-refractivity contribution is -0.147. The number of nitrogens with one attached hydrogen (secondary N) is 2. The van der Waals surface area contributed by atoms with E-state index in [4.69, 9.17) is 4.74 Å². The molecule has 1 aromatic carbocycles. The van der Waals surface area contributed by atoms with Crippen molar-refractivity contribution in [3.05, 3.63) is 41.5 Å². The van der Waals surface area contributed by atoms with Crippen LogP contribution in [0.15, 0.2) is 30.4 Å². The van der Waals surface area contributed by atoms with Crippen LogP contribution in [-0.4, -0.2) is 29.0 Å². The van der Waals surface area contributed by atoms with Gasteiger partial charge in [0, 0.05) is 0 Å². The van der Waals surface area contributed by atoms with Gasteiger partial charge in [-0.15, -0.1) is 0 Å². The molecule has 1 aliphatic carbocycles. The molecule has 7 heteroatoms. The van der Waals surface area contributed by atoms with E-state index in [1.165, 1.54) is 0 Å². The fourth-order valence-electron chi connectivity index (χ4n) is 2.79. The van der Waals surface area contributed by atoms with Crippen molar-refractivity contribution in [3.8, 4) is 5.75 Å². The van der Waals surface area contributed by atoms with Gasteiger partial charge in [-0.25, -0.2) is 0 Å². The molecule has 0 spiro atoms. The molecule has 3 N–H and O–H groups in total. The van der Waals surface area contributed by atoms with Gasteiger partial charge in [0.15, 0.2) is 6.10 Å². The summed E-state index contributed by atoms with van der Waals surface area (Å²) in [5.74, 6) is -2.96. The number of ether oxygens (including phenoxy) is 1. The number of aliphatic carboxylic acids is 1. The SMILES string of the molecule is Cc1cccc(O[C@H](C)C(=O)NNC(=O)[C@@H]2CC=CC[C@@H]2C(=O)O)c1C. The summed E-state index contributed by atoms with van der Waals surface area (Å²) in [6, 6.07) is 5.56. The van der Waals surface area contributed by atoms with E-state index in [1.807, 2.05) is 26.0 Å². The highest BCUT2D eigenvalue weighted by molar-refractivity contribution is 5.88. The van der Waals surface area contributed by atoms with Gasteiger partial charge in [0.25, 0.3) is 5.91 Å². The average Bonchev–Trinajstić information content (AvgIpc) is 2.63. The number of carboxylic acid groups (broad SMARTS) is 1. The topological polar surface area (TPSA) is 105 Å². The van der Waals surface area contributed by atoms with Crippen LogP contribution in [0.5, 0.6) is 5.75 Å². The van der Waals surface area contributed by atoms with Crippen molar-refractivity contribution in [2.24, 2.45) is 11.8 Å². The molecule has 26 heavy (non-hydrogen) atoms. The molecule has 0 saturated heterocycles. The molecule has 0 unspecified atom stereocenters. The third-order valence-corrected chi connectivity index (χ3v) is 4.62. The molecule has 1 aromatic rings. The van der Waals surface area contributed by atoms with Crippen LogP contribution < -0.4 is 15.6 Å². The zero-order chi connectivity index (χ0) is 19.3. The van der Waals surface area contributed by atoms with Crippen LogP contribution in [0.3, 0.4) is 0 Å². The Kier molecular flexibility index (Phi) is 6.38. The van der Waals surface area contributed by atoms with E-state index in [0.717, 1.165) is 11.1 Å². The molecule has 0 heterocycles. The average molecular weight is 360 g/mol. The van der Waals surface area contributed by atoms with E-state index >= 15 is 0 Å². The van der Waals surface area contributed by atoms with Crippen molar-refractivity contribution in [1.29, 1.82) is 0 Å². The molecule has 0 fully saturated rings. The Morgan fingerprint density at radius 3 is 2.42 bits per heavy atom. The zero-order valence-corrected chi connectivity index (χ0v) is 15.1. The standard InChI is InChI=1S/C19H24N2O5/c1-11-7-6-10-16(12(11)2)26-13(3)17(22)20-21-18(23)14-8-4-5-9-15(14)19(24)25/h4-7,10,13-15H,8-9H2,1-3H3,(H,20,22)(H,21,23)(H,24,25)/t13-,14-,15+/m1/s1. The smallest absolute Gasteiger partial charge is 0.307 e. The van der Waals surface area contributed by atoms with Crippen LogP contribution >= 0.6 is 0 Å². The summed E-state index contributed by atoms with van der Waals surface area (Å²) in [5, 5.41) is 9.21. The fourth-order valence-corrected chi connectivity index (χ4v) is 2.79. The van der Waals surface area contributed by atoms with Crippen molar-refractivity contribution in [2.45, 2.75) is 39.7 Å². The predicted octanol–water partition coefficient (Wildman–Crippen LogP) is 1.89. The van der Waals surface area contributed by atoms with E-state index < -0.39 is 35.7 Å². The summed E-state index contributed by atoms with van der Waals surface area (Å²) in [6.07, 6.45) is 3.33. The van der Waals surface area contributed by atoms with Crippen molar-refractivity contribution in [1.82, 2.24) is 10.9 Å². The van der Waals surface area contributed by atoms with Crippen LogP contribution in [0.4, 0.5) is 0 Å². The highest BCUT2D eigenvalue weighted by Crippen LogP contribution is 2.26. The molecule has 0 radical (unpaired) electrons. The molecule has 2 amide bonds. The largest absolute Gasteiger partial charge is 0.481 e. The Bertz CT molecular complexity index is 729. The highest BCUT2D eigenvalue weighted by atomic mass is 16.5. The Morgan fingerprint density at radius 1 is 1.12 bits per heavy atom. The third kappa shape index (κ3) is 4.62. The molecule has 7 nitrogen and oxygen atoms in total. The molecular formula is C19H24N2O5. The van der Waals surface area contributed by atoms with Crippen LogP contribution in [-0.2, 0) is 14.4 Å². The number of amides is 2. The zero-order valence-electron chi connectivity index (χ0n) is 15.1. The van der Waals surface area contributed by atoms with Crippen LogP contribution in [0.1, 0.15) is 30.9 Å². The van der Waals surface area contributed by atoms with E-state index in [1.54, 1.807) is 25.1 Å². The van der Waals surface area contributed by atoms with Crippen molar-refractivity contribution >= 4 is 17.8 Å². The minimum atomic E-state index is -1.02. The van der Waals surface area contributed by atoms with Crippen LogP contribution in [0, 0.1) is 25.7 Å². The second kappa shape index (κ2) is 8.51. The number of rotatable bonds is 5. The first kappa shape index (κ1) is 19.5. The minimum absolute atomic E-state index is 0.299. The highest BCUT2D eigenvalue weighted by Gasteiger charge is 2.34. The van der Waals surface area contributed by atoms with Crippen LogP contribution in [0.25, 0.3) is 0 Å². The monoisotopic (exact) mass is 360 g/mol. The van der Waals surface area contributed by atoms with Crippen molar-refractivity contribution in [2.75, 3.05) is 0 Å². The van der Waals surface area contributed by atoms with Gasteiger partial charge < -0.3 is 9.84 Å². The van der Waals surface area contributed by atoms with Crippen molar-refractivity contribution in [3.63, 3.8) is 0 Å². The maximum atomic E-state index is 12.2. The maximum absolute atomic E-state index is 12.2. The summed E-state index contributed by atoms with van der Waals surface area (Å²) >= 11 is 0. The molecule has 0 aliphatic heterocycles. The number of hydrogen-bond donors (Lipinski definition) is 3. The molecule has 0 aromatic heterocycles. The number of carboxylic acids is 1. The molecular weight excluding hydrogens is 336 g/mol. The number of aryl methyl sites for hydroxylation is 1. The van der Waals surface area contributed by atoms with Gasteiger partial charge in [-0.05, 0) is 50.8 Å². The first-order chi connectivity index (χ1) is 12.3. The second-order valence-corrected chi connectivity index (χ2v) is 6.43. The first-order valence-electron chi connectivity index (χ1n) is 8.51. The molecule has 0 saturated carbocycles. The first-order valence-corrected chi connectivity index (χ1v) is 8.51. The minimum Gasteiger partial charge on any atom is -0.481 e. The van der Waals surface area contributed by atoms with Gasteiger partial charge in [0.05, 0.1) is 11.8 Å². The third-order valence-electron chi connectivity index (χ3n) is 4.62. The van der Waals surface area contributed by atoms with Gasteiger partial charge in [0.2, 0.25) is 5.91 Å². The lowest BCUT2D eigenvalue weighted by atomic mass is 9.82. The number of carbonyl (C=O) groups is 3. The van der Waals surface area contributed by atoms with Gasteiger partial charge in [-0.3, -0.25) is 25.2 Å². The normalized spacial score (nSPS) is 20.1. The molecule has 1 aliphatic rings. The van der Waals surface area contributed by atoms with Crippen LogP contribution in [0.2, 0.25) is 0 Å². The quantitative estimate of drug-likeness (QED) is 0.549. The van der Waals surface area contributed by atoms with E-state index in [-0.39, 0.29) is 0 Å². The summed E-state index contributed by atoms with van der Waals surface area (Å²) in [4.78, 5) is 35.7. The maximum Gasteiger partial charge on any atom is 0.307 e. The number of benzene rings is 1. The molecule has 3 atom stereocenters. The number of hydrazine groups is 1. The van der Waals surface area contributed by atoms with Gasteiger partial charge >= 0.3 is 5.97 Å². The Morgan fingerprint density at radius 2 is 1.77 bits per heavy atom. The van der Waals surface area contributed by atoms with Crippen molar-refractivity contribution < 1.29 is 24.2 Å². The van der Waals surface area contributed by atoms with Gasteiger partial charge in [-0.2, -0.15) is 0 Å². The van der Waals surface area contributed by atoms with E-state index in [9.17, 15) is 19.5 Å². The lowest BCUT2D eigenvalue weighted by Gasteiger charge is -2.24. The summed E-state index contributed by atoms with van der Waals surface area (Å²) in [5.41, 5.74) is 6.62. The molecule has 2 rings (SSSR count).